The fourth-order valence-corrected chi connectivity index (χ4v) is 5.50. The van der Waals surface area contributed by atoms with Gasteiger partial charge in [0.05, 0.1) is 48.5 Å². The third-order valence-corrected chi connectivity index (χ3v) is 8.01. The lowest BCUT2D eigenvalue weighted by Gasteiger charge is -2.17. The lowest BCUT2D eigenvalue weighted by molar-refractivity contribution is -0.114. The first-order valence-electron chi connectivity index (χ1n) is 14.5. The second-order valence-electron chi connectivity index (χ2n) is 11.0. The van der Waals surface area contributed by atoms with Crippen LogP contribution in [0.2, 0.25) is 0 Å². The van der Waals surface area contributed by atoms with Crippen LogP contribution in [0.1, 0.15) is 18.4 Å². The van der Waals surface area contributed by atoms with Crippen molar-refractivity contribution < 1.29 is 23.4 Å². The number of nitrogens with zero attached hydrogens (tertiary/aromatic N) is 5. The van der Waals surface area contributed by atoms with Gasteiger partial charge in [-0.05, 0) is 69.3 Å². The van der Waals surface area contributed by atoms with E-state index in [9.17, 15) is 9.18 Å². The van der Waals surface area contributed by atoms with Crippen molar-refractivity contribution in [1.82, 2.24) is 24.4 Å². The molecule has 12 heteroatoms. The van der Waals surface area contributed by atoms with Crippen molar-refractivity contribution in [3.63, 3.8) is 0 Å². The first-order chi connectivity index (χ1) is 21.7. The highest BCUT2D eigenvalue weighted by Crippen LogP contribution is 2.39. The third kappa shape index (κ3) is 6.09. The van der Waals surface area contributed by atoms with Crippen molar-refractivity contribution in [2.45, 2.75) is 25.8 Å². The summed E-state index contributed by atoms with van der Waals surface area (Å²) in [5.41, 5.74) is 4.17. The minimum absolute atomic E-state index is 0.113. The normalized spacial score (nSPS) is 15.4. The second-order valence-corrected chi connectivity index (χ2v) is 11.0. The largest absolute Gasteiger partial charge is 0.494 e. The Labute approximate surface area is 259 Å². The molecule has 1 aliphatic rings. The molecular formula is C33H34FN7O4. The average molecular weight is 612 g/mol. The zero-order valence-corrected chi connectivity index (χ0v) is 25.7. The summed E-state index contributed by atoms with van der Waals surface area (Å²) in [4.78, 5) is 28.1. The maximum absolute atomic E-state index is 14.9. The summed E-state index contributed by atoms with van der Waals surface area (Å²) in [6.07, 6.45) is 6.32. The number of aromatic nitrogens is 4. The van der Waals surface area contributed by atoms with E-state index >= 15 is 0 Å². The van der Waals surface area contributed by atoms with Crippen LogP contribution < -0.4 is 24.8 Å². The van der Waals surface area contributed by atoms with Gasteiger partial charge in [0.25, 0.3) is 5.91 Å². The van der Waals surface area contributed by atoms with E-state index in [1.807, 2.05) is 54.8 Å². The average Bonchev–Trinajstić information content (AvgIpc) is 3.62. The highest BCUT2D eigenvalue weighted by Gasteiger charge is 2.22. The first kappa shape index (κ1) is 29.8. The molecular weight excluding hydrogens is 577 g/mol. The van der Waals surface area contributed by atoms with E-state index in [0.29, 0.717) is 45.4 Å². The number of hydrogen-bond acceptors (Lipinski definition) is 9. The van der Waals surface area contributed by atoms with Crippen molar-refractivity contribution in [3.8, 4) is 23.0 Å². The SMILES string of the molecule is COc1cc2ncnc(Nc3cc(C)c(Oc4ccc5c(c4)ncn5C)cc3OC)c2cc1NC(=O)/C(F)=C/C1CCCN1C. The van der Waals surface area contributed by atoms with Gasteiger partial charge >= 0.3 is 0 Å². The molecule has 0 bridgehead atoms. The number of aryl methyl sites for hydroxylation is 2. The van der Waals surface area contributed by atoms with Crippen molar-refractivity contribution in [2.75, 3.05) is 38.4 Å². The number of amides is 1. The molecule has 11 nitrogen and oxygen atoms in total. The molecule has 6 rings (SSSR count). The van der Waals surface area contributed by atoms with E-state index in [0.717, 1.165) is 36.0 Å². The number of fused-ring (bicyclic) bond motifs is 2. The van der Waals surface area contributed by atoms with Gasteiger partial charge in [-0.3, -0.25) is 9.69 Å². The molecule has 1 atom stereocenters. The molecule has 1 unspecified atom stereocenters. The van der Waals surface area contributed by atoms with E-state index in [2.05, 4.69) is 25.6 Å². The maximum Gasteiger partial charge on any atom is 0.284 e. The van der Waals surface area contributed by atoms with Crippen LogP contribution >= 0.6 is 0 Å². The van der Waals surface area contributed by atoms with E-state index < -0.39 is 11.7 Å². The maximum atomic E-state index is 14.9. The van der Waals surface area contributed by atoms with E-state index in [1.54, 1.807) is 31.6 Å². The van der Waals surface area contributed by atoms with Crippen molar-refractivity contribution in [1.29, 1.82) is 0 Å². The third-order valence-electron chi connectivity index (χ3n) is 8.01. The standard InChI is InChI=1S/C33H34FN7O4/c1-19-11-26(31(44-5)16-29(19)45-21-8-9-28-25(13-21)37-18-41(28)3)38-32-22-14-27(30(43-4)15-24(22)35-17-36-32)39-33(42)23(34)12-20-7-6-10-40(20)2/h8-9,11-18,20H,6-7,10H2,1-5H3,(H,39,42)(H,35,36,38)/b23-12-. The lowest BCUT2D eigenvalue weighted by atomic mass is 10.1. The number of carbonyl (C=O) groups excluding carboxylic acids is 1. The zero-order chi connectivity index (χ0) is 31.7. The van der Waals surface area contributed by atoms with Crippen LogP contribution in [0, 0.1) is 6.92 Å². The summed E-state index contributed by atoms with van der Waals surface area (Å²) in [6, 6.07) is 12.7. The number of likely N-dealkylation sites (tertiary alicyclic amines) is 1. The Hall–Kier alpha value is -5.23. The Bertz CT molecular complexity index is 1940. The van der Waals surface area contributed by atoms with Gasteiger partial charge < -0.3 is 29.4 Å². The molecule has 0 radical (unpaired) electrons. The molecule has 3 aromatic carbocycles. The molecule has 1 saturated heterocycles. The molecule has 0 aliphatic carbocycles. The molecule has 1 aliphatic heterocycles. The molecule has 2 N–H and O–H groups in total. The Balaban J connectivity index is 1.28. The summed E-state index contributed by atoms with van der Waals surface area (Å²) in [7, 11) is 6.91. The molecule has 1 amide bonds. The number of nitrogens with one attached hydrogen (secondary N) is 2. The van der Waals surface area contributed by atoms with Gasteiger partial charge in [-0.25, -0.2) is 19.3 Å². The fraction of sp³-hybridized carbons (Fsp3) is 0.273. The summed E-state index contributed by atoms with van der Waals surface area (Å²) in [6.45, 7) is 2.80. The van der Waals surface area contributed by atoms with Gasteiger partial charge in [0.2, 0.25) is 0 Å². The Morgan fingerprint density at radius 2 is 1.78 bits per heavy atom. The summed E-state index contributed by atoms with van der Waals surface area (Å²) in [5, 5.41) is 6.56. The monoisotopic (exact) mass is 611 g/mol. The van der Waals surface area contributed by atoms with Crippen LogP contribution in [0.15, 0.2) is 67.0 Å². The lowest BCUT2D eigenvalue weighted by Crippen LogP contribution is -2.24. The van der Waals surface area contributed by atoms with Crippen LogP contribution in [-0.2, 0) is 11.8 Å². The van der Waals surface area contributed by atoms with E-state index in [-0.39, 0.29) is 11.7 Å². The molecule has 45 heavy (non-hydrogen) atoms. The predicted molar refractivity (Wildman–Crippen MR) is 171 cm³/mol. The molecule has 5 aromatic rings. The number of halogens is 1. The highest BCUT2D eigenvalue weighted by molar-refractivity contribution is 6.05. The van der Waals surface area contributed by atoms with Gasteiger partial charge in [0.15, 0.2) is 5.83 Å². The van der Waals surface area contributed by atoms with Crippen molar-refractivity contribution in [3.05, 3.63) is 72.6 Å². The number of ether oxygens (including phenoxy) is 3. The number of methoxy groups -OCH3 is 2. The summed E-state index contributed by atoms with van der Waals surface area (Å²) >= 11 is 0. The van der Waals surface area contributed by atoms with Gasteiger partial charge in [-0.1, -0.05) is 0 Å². The quantitative estimate of drug-likeness (QED) is 0.186. The fourth-order valence-electron chi connectivity index (χ4n) is 5.50. The van der Waals surface area contributed by atoms with Crippen molar-refractivity contribution in [2.24, 2.45) is 7.05 Å². The minimum atomic E-state index is -0.852. The Morgan fingerprint density at radius 1 is 0.978 bits per heavy atom. The molecule has 232 valence electrons. The first-order valence-corrected chi connectivity index (χ1v) is 14.5. The van der Waals surface area contributed by atoms with Crippen LogP contribution in [-0.4, -0.2) is 64.2 Å². The number of benzene rings is 3. The molecule has 2 aromatic heterocycles. The van der Waals surface area contributed by atoms with Gasteiger partial charge in [-0.2, -0.15) is 0 Å². The van der Waals surface area contributed by atoms with Crippen LogP contribution in [0.25, 0.3) is 21.9 Å². The van der Waals surface area contributed by atoms with Gasteiger partial charge in [0.1, 0.15) is 35.1 Å². The van der Waals surface area contributed by atoms with E-state index in [4.69, 9.17) is 14.2 Å². The molecule has 1 fully saturated rings. The Morgan fingerprint density at radius 3 is 2.53 bits per heavy atom. The topological polar surface area (TPSA) is 116 Å². The number of hydrogen-bond donors (Lipinski definition) is 2. The zero-order valence-electron chi connectivity index (χ0n) is 25.7. The predicted octanol–water partition coefficient (Wildman–Crippen LogP) is 6.26. The van der Waals surface area contributed by atoms with Gasteiger partial charge in [-0.15, -0.1) is 0 Å². The number of imidazole rings is 1. The summed E-state index contributed by atoms with van der Waals surface area (Å²) in [5.74, 6) is 0.884. The van der Waals surface area contributed by atoms with Crippen LogP contribution in [0.3, 0.4) is 0 Å². The molecule has 0 saturated carbocycles. The number of rotatable bonds is 9. The number of carbonyl (C=O) groups is 1. The molecule has 0 spiro atoms. The van der Waals surface area contributed by atoms with E-state index in [1.165, 1.54) is 19.5 Å². The minimum Gasteiger partial charge on any atom is -0.494 e. The Kier molecular flexibility index (Phi) is 8.22. The second kappa shape index (κ2) is 12.4. The summed E-state index contributed by atoms with van der Waals surface area (Å²) < 4.78 is 34.3. The molecule has 3 heterocycles. The smallest absolute Gasteiger partial charge is 0.284 e. The van der Waals surface area contributed by atoms with Crippen LogP contribution in [0.5, 0.6) is 23.0 Å². The van der Waals surface area contributed by atoms with Crippen molar-refractivity contribution >= 4 is 45.0 Å². The van der Waals surface area contributed by atoms with Gasteiger partial charge in [0, 0.05) is 36.7 Å². The van der Waals surface area contributed by atoms with Crippen LogP contribution in [0.4, 0.5) is 21.6 Å². The number of likely N-dealkylation sites (N-methyl/N-ethyl adjacent to an activating group) is 1. The number of anilines is 3. The highest BCUT2D eigenvalue weighted by atomic mass is 19.1.